The Morgan fingerprint density at radius 2 is 1.91 bits per heavy atom. The van der Waals surface area contributed by atoms with Crippen molar-refractivity contribution in [2.24, 2.45) is 0 Å². The molecule has 0 aliphatic rings. The standard InChI is InChI=1S/C9H14N2/c1-10-11(2)8-9-6-4-3-5-7-9/h3-7,10H,8H2,1-2H3. The molecule has 0 atom stereocenters. The van der Waals surface area contributed by atoms with Crippen LogP contribution in [-0.2, 0) is 6.54 Å². The van der Waals surface area contributed by atoms with Crippen molar-refractivity contribution < 1.29 is 0 Å². The predicted octanol–water partition coefficient (Wildman–Crippen LogP) is 1.25. The van der Waals surface area contributed by atoms with Gasteiger partial charge >= 0.3 is 0 Å². The second kappa shape index (κ2) is 4.11. The van der Waals surface area contributed by atoms with E-state index in [0.717, 1.165) is 6.54 Å². The van der Waals surface area contributed by atoms with Crippen molar-refractivity contribution >= 4 is 0 Å². The first-order valence-corrected chi connectivity index (χ1v) is 3.75. The highest BCUT2D eigenvalue weighted by Gasteiger charge is 1.93. The van der Waals surface area contributed by atoms with E-state index in [4.69, 9.17) is 0 Å². The molecule has 1 N–H and O–H groups in total. The normalized spacial score (nSPS) is 10.5. The van der Waals surface area contributed by atoms with Crippen LogP contribution < -0.4 is 5.43 Å². The van der Waals surface area contributed by atoms with Crippen LogP contribution in [0.25, 0.3) is 0 Å². The van der Waals surface area contributed by atoms with E-state index in [1.54, 1.807) is 0 Å². The molecule has 0 saturated heterocycles. The molecule has 1 rings (SSSR count). The first-order valence-electron chi connectivity index (χ1n) is 3.75. The largest absolute Gasteiger partial charge is 0.258 e. The van der Waals surface area contributed by atoms with Crippen LogP contribution in [0.5, 0.6) is 0 Å². The van der Waals surface area contributed by atoms with Gasteiger partial charge in [0.1, 0.15) is 0 Å². The molecule has 60 valence electrons. The van der Waals surface area contributed by atoms with E-state index in [1.165, 1.54) is 5.56 Å². The highest BCUT2D eigenvalue weighted by Crippen LogP contribution is 1.99. The van der Waals surface area contributed by atoms with Gasteiger partial charge in [-0.25, -0.2) is 5.01 Å². The number of hydrazine groups is 1. The molecule has 0 amide bonds. The summed E-state index contributed by atoms with van der Waals surface area (Å²) in [6.45, 7) is 0.942. The minimum Gasteiger partial charge on any atom is -0.258 e. The molecule has 0 radical (unpaired) electrons. The van der Waals surface area contributed by atoms with Gasteiger partial charge in [0.25, 0.3) is 0 Å². The lowest BCUT2D eigenvalue weighted by atomic mass is 10.2. The van der Waals surface area contributed by atoms with Crippen LogP contribution in [0.15, 0.2) is 30.3 Å². The van der Waals surface area contributed by atoms with Crippen LogP contribution in [0, 0.1) is 0 Å². The molecule has 1 aromatic rings. The monoisotopic (exact) mass is 150 g/mol. The Labute approximate surface area is 67.8 Å². The lowest BCUT2D eigenvalue weighted by Crippen LogP contribution is -2.29. The highest BCUT2D eigenvalue weighted by atomic mass is 15.5. The molecular weight excluding hydrogens is 136 g/mol. The van der Waals surface area contributed by atoms with Crippen LogP contribution >= 0.6 is 0 Å². The van der Waals surface area contributed by atoms with Crippen molar-refractivity contribution in [1.82, 2.24) is 10.4 Å². The number of hydrogen-bond acceptors (Lipinski definition) is 2. The van der Waals surface area contributed by atoms with E-state index in [0.29, 0.717) is 0 Å². The van der Waals surface area contributed by atoms with Crippen molar-refractivity contribution in [2.75, 3.05) is 14.1 Å². The van der Waals surface area contributed by atoms with Crippen LogP contribution in [0.3, 0.4) is 0 Å². The Hall–Kier alpha value is -0.860. The lowest BCUT2D eigenvalue weighted by Gasteiger charge is -2.14. The maximum Gasteiger partial charge on any atom is 0.0378 e. The first-order chi connectivity index (χ1) is 5.33. The molecule has 0 aliphatic carbocycles. The van der Waals surface area contributed by atoms with Gasteiger partial charge in [-0.2, -0.15) is 0 Å². The summed E-state index contributed by atoms with van der Waals surface area (Å²) in [6, 6.07) is 10.4. The molecule has 0 unspecified atom stereocenters. The Balaban J connectivity index is 2.51. The summed E-state index contributed by atoms with van der Waals surface area (Å²) >= 11 is 0. The second-order valence-corrected chi connectivity index (χ2v) is 2.57. The number of hydrogen-bond donors (Lipinski definition) is 1. The maximum absolute atomic E-state index is 3.05. The molecule has 1 aromatic carbocycles. The van der Waals surface area contributed by atoms with Crippen molar-refractivity contribution in [3.8, 4) is 0 Å². The fourth-order valence-corrected chi connectivity index (χ4v) is 0.936. The van der Waals surface area contributed by atoms with Gasteiger partial charge in [-0.3, -0.25) is 5.43 Å². The van der Waals surface area contributed by atoms with Crippen molar-refractivity contribution in [1.29, 1.82) is 0 Å². The average Bonchev–Trinajstić information content (AvgIpc) is 2.06. The van der Waals surface area contributed by atoms with Crippen molar-refractivity contribution in [3.05, 3.63) is 35.9 Å². The van der Waals surface area contributed by atoms with E-state index >= 15 is 0 Å². The van der Waals surface area contributed by atoms with Gasteiger partial charge in [0.2, 0.25) is 0 Å². The fourth-order valence-electron chi connectivity index (χ4n) is 0.936. The summed E-state index contributed by atoms with van der Waals surface area (Å²) in [5, 5.41) is 2.04. The fraction of sp³-hybridized carbons (Fsp3) is 0.333. The molecule has 0 fully saturated rings. The van der Waals surface area contributed by atoms with Gasteiger partial charge in [-0.05, 0) is 12.6 Å². The van der Waals surface area contributed by atoms with E-state index in [2.05, 4.69) is 29.7 Å². The number of benzene rings is 1. The van der Waals surface area contributed by atoms with Gasteiger partial charge in [-0.1, -0.05) is 30.3 Å². The van der Waals surface area contributed by atoms with E-state index in [-0.39, 0.29) is 0 Å². The Morgan fingerprint density at radius 3 is 2.45 bits per heavy atom. The average molecular weight is 150 g/mol. The second-order valence-electron chi connectivity index (χ2n) is 2.57. The summed E-state index contributed by atoms with van der Waals surface area (Å²) in [4.78, 5) is 0. The zero-order valence-corrected chi connectivity index (χ0v) is 7.04. The van der Waals surface area contributed by atoms with Gasteiger partial charge in [0.15, 0.2) is 0 Å². The SMILES string of the molecule is CNN(C)Cc1ccccc1. The smallest absolute Gasteiger partial charge is 0.0378 e. The number of rotatable bonds is 3. The molecular formula is C9H14N2. The van der Waals surface area contributed by atoms with Crippen molar-refractivity contribution in [2.45, 2.75) is 6.54 Å². The first kappa shape index (κ1) is 8.24. The quantitative estimate of drug-likeness (QED) is 0.652. The number of nitrogens with one attached hydrogen (secondary N) is 1. The summed E-state index contributed by atoms with van der Waals surface area (Å²) in [5.74, 6) is 0. The summed E-state index contributed by atoms with van der Waals surface area (Å²) in [5.41, 5.74) is 4.37. The molecule has 2 heteroatoms. The van der Waals surface area contributed by atoms with Crippen LogP contribution in [0.4, 0.5) is 0 Å². The van der Waals surface area contributed by atoms with Gasteiger partial charge in [0, 0.05) is 13.6 Å². The zero-order valence-electron chi connectivity index (χ0n) is 7.04. The number of nitrogens with zero attached hydrogens (tertiary/aromatic N) is 1. The van der Waals surface area contributed by atoms with Crippen LogP contribution in [0.1, 0.15) is 5.56 Å². The summed E-state index contributed by atoms with van der Waals surface area (Å²) in [7, 11) is 3.94. The maximum atomic E-state index is 3.05. The third kappa shape index (κ3) is 2.70. The van der Waals surface area contributed by atoms with Crippen LogP contribution in [0.2, 0.25) is 0 Å². The summed E-state index contributed by atoms with van der Waals surface area (Å²) in [6.07, 6.45) is 0. The molecule has 11 heavy (non-hydrogen) atoms. The molecule has 0 spiro atoms. The summed E-state index contributed by atoms with van der Waals surface area (Å²) < 4.78 is 0. The molecule has 0 aliphatic heterocycles. The third-order valence-corrected chi connectivity index (χ3v) is 1.64. The molecule has 0 saturated carbocycles. The third-order valence-electron chi connectivity index (χ3n) is 1.64. The molecule has 0 heterocycles. The van der Waals surface area contributed by atoms with Crippen molar-refractivity contribution in [3.63, 3.8) is 0 Å². The Bertz CT molecular complexity index is 196. The zero-order chi connectivity index (χ0) is 8.10. The van der Waals surface area contributed by atoms with E-state index in [9.17, 15) is 0 Å². The van der Waals surface area contributed by atoms with E-state index < -0.39 is 0 Å². The topological polar surface area (TPSA) is 15.3 Å². The lowest BCUT2D eigenvalue weighted by molar-refractivity contribution is 0.251. The predicted molar refractivity (Wildman–Crippen MR) is 47.0 cm³/mol. The Morgan fingerprint density at radius 1 is 1.27 bits per heavy atom. The van der Waals surface area contributed by atoms with Gasteiger partial charge < -0.3 is 0 Å². The Kier molecular flexibility index (Phi) is 3.08. The molecule has 0 bridgehead atoms. The molecule has 0 aromatic heterocycles. The van der Waals surface area contributed by atoms with Crippen LogP contribution in [-0.4, -0.2) is 19.1 Å². The minimum atomic E-state index is 0.942. The van der Waals surface area contributed by atoms with Gasteiger partial charge in [-0.15, -0.1) is 0 Å². The van der Waals surface area contributed by atoms with Gasteiger partial charge in [0.05, 0.1) is 0 Å². The minimum absolute atomic E-state index is 0.942. The molecule has 2 nitrogen and oxygen atoms in total. The van der Waals surface area contributed by atoms with E-state index in [1.807, 2.05) is 25.2 Å². The highest BCUT2D eigenvalue weighted by molar-refractivity contribution is 5.14.